The Balaban J connectivity index is 1.53. The Bertz CT molecular complexity index is 1080. The molecule has 1 fully saturated rings. The van der Waals surface area contributed by atoms with E-state index in [9.17, 15) is 4.79 Å². The summed E-state index contributed by atoms with van der Waals surface area (Å²) in [7, 11) is 0. The molecule has 0 unspecified atom stereocenters. The van der Waals surface area contributed by atoms with Crippen LogP contribution in [0.2, 0.25) is 0 Å². The Morgan fingerprint density at radius 3 is 2.47 bits per heavy atom. The van der Waals surface area contributed by atoms with Crippen molar-refractivity contribution < 1.29 is 4.79 Å². The van der Waals surface area contributed by atoms with Crippen LogP contribution in [0.15, 0.2) is 24.3 Å². The molecule has 1 aliphatic heterocycles. The smallest absolute Gasteiger partial charge is 0.223 e. The summed E-state index contributed by atoms with van der Waals surface area (Å²) in [6.45, 7) is 10.7. The molecule has 2 aromatic heterocycles. The van der Waals surface area contributed by atoms with Gasteiger partial charge in [-0.1, -0.05) is 37.5 Å². The van der Waals surface area contributed by atoms with E-state index in [-0.39, 0.29) is 11.8 Å². The monoisotopic (exact) mass is 434 g/mol. The Morgan fingerprint density at radius 2 is 1.78 bits per heavy atom. The molecule has 1 aliphatic rings. The molecule has 0 bridgehead atoms. The van der Waals surface area contributed by atoms with Crippen LogP contribution < -0.4 is 10.2 Å². The van der Waals surface area contributed by atoms with E-state index in [0.717, 1.165) is 79.1 Å². The first kappa shape index (κ1) is 22.2. The van der Waals surface area contributed by atoms with Gasteiger partial charge in [0.25, 0.3) is 0 Å². The number of hydrogen-bond acceptors (Lipinski definition) is 5. The van der Waals surface area contributed by atoms with Crippen LogP contribution >= 0.6 is 0 Å². The number of aromatic nitrogens is 4. The first-order chi connectivity index (χ1) is 15.5. The van der Waals surface area contributed by atoms with Gasteiger partial charge in [0, 0.05) is 25.6 Å². The van der Waals surface area contributed by atoms with E-state index >= 15 is 0 Å². The number of nitrogens with one attached hydrogen (secondary N) is 1. The van der Waals surface area contributed by atoms with E-state index in [2.05, 4.69) is 65.5 Å². The zero-order valence-corrected chi connectivity index (χ0v) is 19.7. The molecule has 32 heavy (non-hydrogen) atoms. The first-order valence-electron chi connectivity index (χ1n) is 11.8. The fourth-order valence-corrected chi connectivity index (χ4v) is 4.55. The molecule has 0 atom stereocenters. The highest BCUT2D eigenvalue weighted by atomic mass is 16.1. The average molecular weight is 435 g/mol. The summed E-state index contributed by atoms with van der Waals surface area (Å²) in [4.78, 5) is 14.8. The molecular weight excluding hydrogens is 400 g/mol. The van der Waals surface area contributed by atoms with Crippen LogP contribution in [0.5, 0.6) is 0 Å². The predicted molar refractivity (Wildman–Crippen MR) is 128 cm³/mol. The van der Waals surface area contributed by atoms with Crippen LogP contribution in [0, 0.1) is 26.7 Å². The highest BCUT2D eigenvalue weighted by molar-refractivity contribution is 5.92. The van der Waals surface area contributed by atoms with Gasteiger partial charge in [-0.2, -0.15) is 10.2 Å². The molecule has 1 saturated heterocycles. The first-order valence-corrected chi connectivity index (χ1v) is 11.8. The maximum atomic E-state index is 12.5. The van der Waals surface area contributed by atoms with Crippen molar-refractivity contribution in [1.29, 1.82) is 0 Å². The molecule has 0 radical (unpaired) electrons. The van der Waals surface area contributed by atoms with Crippen molar-refractivity contribution in [2.75, 3.05) is 24.5 Å². The van der Waals surface area contributed by atoms with Crippen molar-refractivity contribution in [3.05, 3.63) is 41.2 Å². The number of aryl methyl sites for hydroxylation is 3. The summed E-state index contributed by atoms with van der Waals surface area (Å²) in [6, 6.07) is 8.39. The van der Waals surface area contributed by atoms with Gasteiger partial charge in [-0.25, -0.2) is 4.68 Å². The number of rotatable bonds is 7. The van der Waals surface area contributed by atoms with Crippen molar-refractivity contribution in [3.8, 4) is 5.69 Å². The summed E-state index contributed by atoms with van der Waals surface area (Å²) in [5.41, 5.74) is 5.10. The number of piperidine rings is 1. The Labute approximate surface area is 190 Å². The fraction of sp³-hybridized carbons (Fsp3) is 0.520. The fourth-order valence-electron chi connectivity index (χ4n) is 4.55. The Kier molecular flexibility index (Phi) is 6.72. The van der Waals surface area contributed by atoms with Crippen molar-refractivity contribution in [1.82, 2.24) is 25.3 Å². The predicted octanol–water partition coefficient (Wildman–Crippen LogP) is 4.26. The van der Waals surface area contributed by atoms with Gasteiger partial charge in [-0.3, -0.25) is 4.79 Å². The largest absolute Gasteiger partial charge is 0.356 e. The summed E-state index contributed by atoms with van der Waals surface area (Å²) < 4.78 is 1.99. The van der Waals surface area contributed by atoms with Gasteiger partial charge >= 0.3 is 0 Å². The highest BCUT2D eigenvalue weighted by Crippen LogP contribution is 2.31. The van der Waals surface area contributed by atoms with Crippen LogP contribution in [-0.4, -0.2) is 45.5 Å². The molecule has 0 spiro atoms. The van der Waals surface area contributed by atoms with E-state index in [4.69, 9.17) is 5.10 Å². The third-order valence-electron chi connectivity index (χ3n) is 6.51. The van der Waals surface area contributed by atoms with Crippen LogP contribution in [0.1, 0.15) is 56.0 Å². The molecule has 170 valence electrons. The van der Waals surface area contributed by atoms with Crippen LogP contribution in [0.25, 0.3) is 16.6 Å². The molecule has 7 heteroatoms. The van der Waals surface area contributed by atoms with E-state index in [1.165, 1.54) is 12.0 Å². The molecule has 4 rings (SSSR count). The van der Waals surface area contributed by atoms with Gasteiger partial charge < -0.3 is 10.2 Å². The zero-order chi connectivity index (χ0) is 22.7. The number of carbonyl (C=O) groups is 1. The van der Waals surface area contributed by atoms with Crippen LogP contribution in [0.3, 0.4) is 0 Å². The zero-order valence-electron chi connectivity index (χ0n) is 19.7. The van der Waals surface area contributed by atoms with Gasteiger partial charge in [-0.15, -0.1) is 5.10 Å². The van der Waals surface area contributed by atoms with Gasteiger partial charge in [0.05, 0.1) is 22.5 Å². The number of fused-ring (bicyclic) bond motifs is 1. The molecule has 3 heterocycles. The third kappa shape index (κ3) is 4.47. The lowest BCUT2D eigenvalue weighted by molar-refractivity contribution is -0.125. The second-order valence-corrected chi connectivity index (χ2v) is 8.92. The van der Waals surface area contributed by atoms with Crippen LogP contribution in [0.4, 0.5) is 5.82 Å². The van der Waals surface area contributed by atoms with Gasteiger partial charge in [0.1, 0.15) is 5.52 Å². The molecule has 1 aromatic carbocycles. The van der Waals surface area contributed by atoms with Gasteiger partial charge in [-0.05, 0) is 52.2 Å². The van der Waals surface area contributed by atoms with Gasteiger partial charge in [0.2, 0.25) is 5.91 Å². The van der Waals surface area contributed by atoms with Gasteiger partial charge in [0.15, 0.2) is 5.82 Å². The minimum Gasteiger partial charge on any atom is -0.356 e. The number of unbranched alkanes of at least 4 members (excludes halogenated alkanes) is 2. The Hall–Kier alpha value is -2.96. The number of hydrogen-bond donors (Lipinski definition) is 1. The van der Waals surface area contributed by atoms with E-state index in [0.29, 0.717) is 0 Å². The average Bonchev–Trinajstić information content (AvgIpc) is 3.15. The standard InChI is InChI=1S/C25H34N6O/c1-5-6-7-14-26-25(32)20-12-15-30(16-13-20)24-23-22(18(3)27-28-24)19(4)31(29-23)21-10-8-17(2)9-11-21/h8-11,20H,5-7,12-16H2,1-4H3,(H,26,32). The van der Waals surface area contributed by atoms with E-state index in [1.54, 1.807) is 0 Å². The highest BCUT2D eigenvalue weighted by Gasteiger charge is 2.28. The molecular formula is C25H34N6O. The normalized spacial score (nSPS) is 14.8. The van der Waals surface area contributed by atoms with Crippen molar-refractivity contribution in [2.45, 2.75) is 59.8 Å². The molecule has 1 amide bonds. The Morgan fingerprint density at radius 1 is 1.06 bits per heavy atom. The van der Waals surface area contributed by atoms with Crippen molar-refractivity contribution in [2.24, 2.45) is 5.92 Å². The molecule has 0 aliphatic carbocycles. The number of amides is 1. The second-order valence-electron chi connectivity index (χ2n) is 8.92. The number of anilines is 1. The maximum Gasteiger partial charge on any atom is 0.223 e. The summed E-state index contributed by atoms with van der Waals surface area (Å²) in [5, 5.41) is 18.1. The number of benzene rings is 1. The molecule has 7 nitrogen and oxygen atoms in total. The third-order valence-corrected chi connectivity index (χ3v) is 6.51. The van der Waals surface area contributed by atoms with E-state index in [1.807, 2.05) is 11.6 Å². The lowest BCUT2D eigenvalue weighted by Gasteiger charge is -2.32. The van der Waals surface area contributed by atoms with Crippen molar-refractivity contribution >= 4 is 22.6 Å². The van der Waals surface area contributed by atoms with E-state index < -0.39 is 0 Å². The summed E-state index contributed by atoms with van der Waals surface area (Å²) in [5.74, 6) is 1.09. The summed E-state index contributed by atoms with van der Waals surface area (Å²) >= 11 is 0. The number of nitrogens with zero attached hydrogens (tertiary/aromatic N) is 5. The minimum absolute atomic E-state index is 0.0774. The quantitative estimate of drug-likeness (QED) is 0.562. The molecule has 0 saturated carbocycles. The molecule has 3 aromatic rings. The minimum atomic E-state index is 0.0774. The number of carbonyl (C=O) groups excluding carboxylic acids is 1. The summed E-state index contributed by atoms with van der Waals surface area (Å²) in [6.07, 6.45) is 5.04. The maximum absolute atomic E-state index is 12.5. The topological polar surface area (TPSA) is 75.9 Å². The second kappa shape index (κ2) is 9.67. The lowest BCUT2D eigenvalue weighted by atomic mass is 9.95. The SMILES string of the molecule is CCCCCNC(=O)C1CCN(c2nnc(C)c3c(C)n(-c4ccc(C)cc4)nc23)CC1. The molecule has 1 N–H and O–H groups in total. The lowest BCUT2D eigenvalue weighted by Crippen LogP contribution is -2.41. The van der Waals surface area contributed by atoms with Crippen molar-refractivity contribution in [3.63, 3.8) is 0 Å². The van der Waals surface area contributed by atoms with Crippen LogP contribution in [-0.2, 0) is 4.79 Å².